The van der Waals surface area contributed by atoms with Crippen LogP contribution in [0, 0.1) is 5.82 Å². The number of thiophene rings is 1. The van der Waals surface area contributed by atoms with Gasteiger partial charge in [0.15, 0.2) is 0 Å². The second-order valence-corrected chi connectivity index (χ2v) is 5.68. The summed E-state index contributed by atoms with van der Waals surface area (Å²) in [6, 6.07) is 5.87. The molecule has 2 rings (SSSR count). The first kappa shape index (κ1) is 13.9. The molecule has 0 fully saturated rings. The van der Waals surface area contributed by atoms with Gasteiger partial charge in [-0.15, -0.1) is 11.3 Å². The average Bonchev–Trinajstić information content (AvgIpc) is 2.78. The third-order valence-electron chi connectivity index (χ3n) is 2.76. The molecule has 0 saturated carbocycles. The van der Waals surface area contributed by atoms with E-state index in [1.165, 1.54) is 23.5 Å². The van der Waals surface area contributed by atoms with Gasteiger partial charge in [0.1, 0.15) is 5.82 Å². The molecular weight excluding hydrogens is 283 g/mol. The van der Waals surface area contributed by atoms with Crippen LogP contribution in [-0.2, 0) is 0 Å². The number of hydrogen-bond acceptors (Lipinski definition) is 3. The Morgan fingerprint density at radius 3 is 2.89 bits per heavy atom. The van der Waals surface area contributed by atoms with Crippen molar-refractivity contribution in [2.24, 2.45) is 5.73 Å². The number of halogens is 1. The molecule has 3 nitrogen and oxygen atoms in total. The van der Waals surface area contributed by atoms with Crippen LogP contribution >= 0.6 is 23.6 Å². The fourth-order valence-electron chi connectivity index (χ4n) is 1.72. The second kappa shape index (κ2) is 5.63. The molecule has 0 bridgehead atoms. The van der Waals surface area contributed by atoms with Crippen LogP contribution < -0.4 is 11.1 Å². The van der Waals surface area contributed by atoms with E-state index >= 15 is 0 Å². The smallest absolute Gasteiger partial charge is 0.261 e. The number of carbonyl (C=O) groups excluding carboxylic acids is 1. The first-order chi connectivity index (χ1) is 9.01. The van der Waals surface area contributed by atoms with Gasteiger partial charge in [-0.2, -0.15) is 0 Å². The summed E-state index contributed by atoms with van der Waals surface area (Å²) in [5, 5.41) is 3.62. The van der Waals surface area contributed by atoms with Gasteiger partial charge in [0, 0.05) is 4.70 Å². The fraction of sp³-hybridized carbons (Fsp3) is 0.231. The van der Waals surface area contributed by atoms with E-state index in [2.05, 4.69) is 5.32 Å². The molecule has 0 radical (unpaired) electrons. The Morgan fingerprint density at radius 1 is 1.53 bits per heavy atom. The number of rotatable bonds is 4. The maximum absolute atomic E-state index is 13.1. The van der Waals surface area contributed by atoms with Gasteiger partial charge in [-0.25, -0.2) is 4.39 Å². The minimum atomic E-state index is -0.315. The van der Waals surface area contributed by atoms with E-state index < -0.39 is 0 Å². The summed E-state index contributed by atoms with van der Waals surface area (Å²) >= 11 is 6.13. The summed E-state index contributed by atoms with van der Waals surface area (Å²) < 4.78 is 13.8. The summed E-state index contributed by atoms with van der Waals surface area (Å²) in [4.78, 5) is 12.9. The number of amides is 1. The van der Waals surface area contributed by atoms with Gasteiger partial charge in [0.25, 0.3) is 5.91 Å². The van der Waals surface area contributed by atoms with Crippen molar-refractivity contribution in [3.8, 4) is 0 Å². The number of benzene rings is 1. The summed E-state index contributed by atoms with van der Waals surface area (Å²) in [5.41, 5.74) is 5.54. The zero-order valence-corrected chi connectivity index (χ0v) is 11.9. The van der Waals surface area contributed by atoms with E-state index in [0.717, 1.165) is 10.1 Å². The third kappa shape index (κ3) is 3.08. The Bertz CT molecular complexity index is 639. The van der Waals surface area contributed by atoms with Gasteiger partial charge >= 0.3 is 0 Å². The highest BCUT2D eigenvalue weighted by Gasteiger charge is 2.16. The quantitative estimate of drug-likeness (QED) is 0.853. The fourth-order valence-corrected chi connectivity index (χ4v) is 2.94. The minimum absolute atomic E-state index is 0.235. The molecule has 1 unspecified atom stereocenters. The van der Waals surface area contributed by atoms with Gasteiger partial charge < -0.3 is 11.1 Å². The standard InChI is InChI=1S/C13H13FN2OS2/c1-2-9(12(15)18)16-13(17)11-5-7-3-4-8(14)6-10(7)19-11/h3-6,9H,2H2,1H3,(H2,15,18)(H,16,17). The molecule has 1 aromatic carbocycles. The normalized spacial score (nSPS) is 12.3. The molecule has 3 N–H and O–H groups in total. The summed E-state index contributed by atoms with van der Waals surface area (Å²) in [6.45, 7) is 1.89. The van der Waals surface area contributed by atoms with Crippen LogP contribution in [0.1, 0.15) is 23.0 Å². The van der Waals surface area contributed by atoms with Crippen molar-refractivity contribution >= 4 is 44.5 Å². The van der Waals surface area contributed by atoms with Crippen molar-refractivity contribution in [1.29, 1.82) is 0 Å². The van der Waals surface area contributed by atoms with Crippen molar-refractivity contribution in [3.63, 3.8) is 0 Å². The van der Waals surface area contributed by atoms with E-state index in [1.807, 2.05) is 6.92 Å². The number of carbonyl (C=O) groups is 1. The highest BCUT2D eigenvalue weighted by molar-refractivity contribution is 7.80. The van der Waals surface area contributed by atoms with Gasteiger partial charge in [-0.3, -0.25) is 4.79 Å². The maximum atomic E-state index is 13.1. The summed E-state index contributed by atoms with van der Waals surface area (Å²) in [5.74, 6) is -0.544. The lowest BCUT2D eigenvalue weighted by atomic mass is 10.2. The van der Waals surface area contributed by atoms with Crippen LogP contribution in [-0.4, -0.2) is 16.9 Å². The van der Waals surface area contributed by atoms with Crippen molar-refractivity contribution in [2.75, 3.05) is 0 Å². The Morgan fingerprint density at radius 2 is 2.26 bits per heavy atom. The Labute approximate surface area is 119 Å². The monoisotopic (exact) mass is 296 g/mol. The number of nitrogens with two attached hydrogens (primary N) is 1. The molecule has 1 heterocycles. The Balaban J connectivity index is 2.24. The molecular formula is C13H13FN2OS2. The highest BCUT2D eigenvalue weighted by atomic mass is 32.1. The Hall–Kier alpha value is -1.53. The van der Waals surface area contributed by atoms with Crippen LogP contribution in [0.25, 0.3) is 10.1 Å². The maximum Gasteiger partial charge on any atom is 0.261 e. The second-order valence-electron chi connectivity index (χ2n) is 4.13. The molecule has 19 heavy (non-hydrogen) atoms. The largest absolute Gasteiger partial charge is 0.392 e. The van der Waals surface area contributed by atoms with Gasteiger partial charge in [-0.05, 0) is 30.0 Å². The first-order valence-electron chi connectivity index (χ1n) is 5.80. The predicted octanol–water partition coefficient (Wildman–Crippen LogP) is 2.83. The molecule has 0 aliphatic carbocycles. The third-order valence-corrected chi connectivity index (χ3v) is 4.14. The molecule has 100 valence electrons. The number of nitrogens with one attached hydrogen (secondary N) is 1. The van der Waals surface area contributed by atoms with Crippen molar-refractivity contribution in [3.05, 3.63) is 35.0 Å². The zero-order chi connectivity index (χ0) is 14.0. The molecule has 0 saturated heterocycles. The molecule has 0 spiro atoms. The van der Waals surface area contributed by atoms with Crippen molar-refractivity contribution in [1.82, 2.24) is 5.32 Å². The van der Waals surface area contributed by atoms with E-state index in [-0.39, 0.29) is 22.8 Å². The number of thiocarbonyl (C=S) groups is 1. The molecule has 2 aromatic rings. The van der Waals surface area contributed by atoms with Crippen LogP contribution in [0.2, 0.25) is 0 Å². The first-order valence-corrected chi connectivity index (χ1v) is 7.03. The van der Waals surface area contributed by atoms with Gasteiger partial charge in [0.05, 0.1) is 15.9 Å². The zero-order valence-electron chi connectivity index (χ0n) is 10.3. The number of hydrogen-bond donors (Lipinski definition) is 2. The topological polar surface area (TPSA) is 55.1 Å². The van der Waals surface area contributed by atoms with E-state index in [1.54, 1.807) is 12.1 Å². The van der Waals surface area contributed by atoms with Crippen molar-refractivity contribution in [2.45, 2.75) is 19.4 Å². The van der Waals surface area contributed by atoms with Crippen LogP contribution in [0.3, 0.4) is 0 Å². The summed E-state index contributed by atoms with van der Waals surface area (Å²) in [7, 11) is 0. The lowest BCUT2D eigenvalue weighted by Gasteiger charge is -2.14. The number of fused-ring (bicyclic) bond motifs is 1. The van der Waals surface area contributed by atoms with Gasteiger partial charge in [0.2, 0.25) is 0 Å². The van der Waals surface area contributed by atoms with Crippen molar-refractivity contribution < 1.29 is 9.18 Å². The Kier molecular flexibility index (Phi) is 4.11. The lowest BCUT2D eigenvalue weighted by Crippen LogP contribution is -2.42. The lowest BCUT2D eigenvalue weighted by molar-refractivity contribution is 0.0950. The minimum Gasteiger partial charge on any atom is -0.392 e. The predicted molar refractivity (Wildman–Crippen MR) is 80.1 cm³/mol. The molecule has 0 aliphatic heterocycles. The highest BCUT2D eigenvalue weighted by Crippen LogP contribution is 2.26. The molecule has 1 amide bonds. The van der Waals surface area contributed by atoms with Crippen LogP contribution in [0.5, 0.6) is 0 Å². The summed E-state index contributed by atoms with van der Waals surface area (Å²) in [6.07, 6.45) is 0.639. The average molecular weight is 296 g/mol. The van der Waals surface area contributed by atoms with E-state index in [4.69, 9.17) is 18.0 Å². The molecule has 1 aromatic heterocycles. The molecule has 6 heteroatoms. The van der Waals surface area contributed by atoms with Gasteiger partial charge in [-0.1, -0.05) is 25.2 Å². The van der Waals surface area contributed by atoms with E-state index in [0.29, 0.717) is 11.3 Å². The van der Waals surface area contributed by atoms with Crippen LogP contribution in [0.15, 0.2) is 24.3 Å². The molecule has 1 atom stereocenters. The van der Waals surface area contributed by atoms with E-state index in [9.17, 15) is 9.18 Å². The van der Waals surface area contributed by atoms with Crippen LogP contribution in [0.4, 0.5) is 4.39 Å². The SMILES string of the molecule is CCC(NC(=O)c1cc2ccc(F)cc2s1)C(N)=S. The molecule has 0 aliphatic rings.